The molecule has 3 nitrogen and oxygen atoms in total. The van der Waals surface area contributed by atoms with E-state index < -0.39 is 38.7 Å². The zero-order chi connectivity index (χ0) is 17.7. The molecule has 23 heavy (non-hydrogen) atoms. The molecule has 1 N–H and O–H groups in total. The molecule has 1 unspecified atom stereocenters. The Kier molecular flexibility index (Phi) is 6.79. The molecule has 0 radical (unpaired) electrons. The number of alkyl halides is 2. The first kappa shape index (κ1) is 20.1. The van der Waals surface area contributed by atoms with Gasteiger partial charge in [0.05, 0.1) is 11.9 Å². The van der Waals surface area contributed by atoms with Crippen molar-refractivity contribution in [2.24, 2.45) is 0 Å². The maximum atomic E-state index is 14.8. The van der Waals surface area contributed by atoms with Crippen LogP contribution in [0.3, 0.4) is 0 Å². The lowest BCUT2D eigenvalue weighted by atomic mass is 9.91. The molecule has 1 heterocycles. The van der Waals surface area contributed by atoms with Crippen molar-refractivity contribution in [2.45, 2.75) is 63.8 Å². The molecule has 0 saturated carbocycles. The Morgan fingerprint density at radius 2 is 1.74 bits per heavy atom. The van der Waals surface area contributed by atoms with Crippen LogP contribution in [-0.2, 0) is 10.0 Å². The van der Waals surface area contributed by atoms with Gasteiger partial charge in [0.1, 0.15) is 5.82 Å². The minimum Gasteiger partial charge on any atom is -0.401 e. The molecular formula is C16H26F3NO2Si. The van der Waals surface area contributed by atoms with E-state index in [2.05, 4.69) is 4.98 Å². The summed E-state index contributed by atoms with van der Waals surface area (Å²) in [6, 6.07) is 4.44. The summed E-state index contributed by atoms with van der Waals surface area (Å²) >= 11 is 0. The van der Waals surface area contributed by atoms with E-state index in [1.54, 1.807) is 0 Å². The van der Waals surface area contributed by atoms with Crippen molar-refractivity contribution >= 4 is 8.32 Å². The summed E-state index contributed by atoms with van der Waals surface area (Å²) in [5, 5.41) is 9.02. The first-order valence-corrected chi connectivity index (χ1v) is 10.5. The zero-order valence-electron chi connectivity index (χ0n) is 14.2. The fourth-order valence-corrected chi connectivity index (χ4v) is 5.80. The average Bonchev–Trinajstić information content (AvgIpc) is 2.53. The molecule has 0 spiro atoms. The highest BCUT2D eigenvalue weighted by atomic mass is 28.4. The van der Waals surface area contributed by atoms with Gasteiger partial charge >= 0.3 is 0 Å². The van der Waals surface area contributed by atoms with Crippen LogP contribution in [0.15, 0.2) is 18.3 Å². The maximum absolute atomic E-state index is 14.8. The summed E-state index contributed by atoms with van der Waals surface area (Å²) in [6.45, 7) is 6.48. The quantitative estimate of drug-likeness (QED) is 0.669. The van der Waals surface area contributed by atoms with E-state index in [4.69, 9.17) is 9.53 Å². The molecule has 7 heteroatoms. The topological polar surface area (TPSA) is 42.4 Å². The second-order valence-corrected chi connectivity index (χ2v) is 10.6. The van der Waals surface area contributed by atoms with E-state index in [0.717, 1.165) is 12.3 Å². The Hall–Kier alpha value is -0.923. The van der Waals surface area contributed by atoms with Gasteiger partial charge in [-0.1, -0.05) is 20.8 Å². The molecule has 1 aromatic heterocycles. The molecule has 0 saturated heterocycles. The predicted molar refractivity (Wildman–Crippen MR) is 86.5 cm³/mol. The summed E-state index contributed by atoms with van der Waals surface area (Å²) < 4.78 is 48.8. The van der Waals surface area contributed by atoms with Gasteiger partial charge in [0.15, 0.2) is 13.9 Å². The van der Waals surface area contributed by atoms with Crippen LogP contribution < -0.4 is 0 Å². The largest absolute Gasteiger partial charge is 0.401 e. The number of hydrogen-bond acceptors (Lipinski definition) is 3. The molecular weight excluding hydrogens is 323 g/mol. The fourth-order valence-electron chi connectivity index (χ4n) is 2.75. The van der Waals surface area contributed by atoms with Crippen LogP contribution in [0.4, 0.5) is 13.2 Å². The van der Waals surface area contributed by atoms with E-state index in [9.17, 15) is 13.2 Å². The first-order chi connectivity index (χ1) is 10.7. The number of aliphatic hydroxyl groups excluding tert-OH is 1. The van der Waals surface area contributed by atoms with Crippen molar-refractivity contribution in [3.05, 3.63) is 29.8 Å². The molecule has 1 rings (SSSR count). The van der Waals surface area contributed by atoms with Crippen LogP contribution in [0, 0.1) is 5.82 Å². The summed E-state index contributed by atoms with van der Waals surface area (Å²) in [5.41, 5.74) is -2.00. The van der Waals surface area contributed by atoms with Crippen molar-refractivity contribution in [2.75, 3.05) is 6.61 Å². The van der Waals surface area contributed by atoms with Crippen LogP contribution in [0.2, 0.25) is 18.1 Å². The summed E-state index contributed by atoms with van der Waals surface area (Å²) in [7, 11) is -2.38. The van der Waals surface area contributed by atoms with E-state index in [1.807, 2.05) is 20.8 Å². The molecule has 0 aliphatic carbocycles. The summed E-state index contributed by atoms with van der Waals surface area (Å²) in [5.74, 6) is -3.91. The Labute approximate surface area is 137 Å². The Bertz CT molecular complexity index is 486. The van der Waals surface area contributed by atoms with Crippen LogP contribution in [0.1, 0.15) is 39.8 Å². The molecule has 1 atom stereocenters. The van der Waals surface area contributed by atoms with Crippen molar-refractivity contribution in [1.29, 1.82) is 0 Å². The van der Waals surface area contributed by atoms with Crippen molar-refractivity contribution < 1.29 is 22.7 Å². The average molecular weight is 349 g/mol. The highest BCUT2D eigenvalue weighted by Crippen LogP contribution is 2.45. The Morgan fingerprint density at radius 3 is 2.13 bits per heavy atom. The minimum atomic E-state index is -3.32. The third kappa shape index (κ3) is 4.13. The van der Waals surface area contributed by atoms with E-state index in [0.29, 0.717) is 18.1 Å². The summed E-state index contributed by atoms with van der Waals surface area (Å²) in [6.07, 6.45) is 0.184. The van der Waals surface area contributed by atoms with Crippen molar-refractivity contribution in [1.82, 2.24) is 4.98 Å². The minimum absolute atomic E-state index is 0.00965. The van der Waals surface area contributed by atoms with Gasteiger partial charge < -0.3 is 9.53 Å². The number of aromatic nitrogens is 1. The van der Waals surface area contributed by atoms with Gasteiger partial charge in [0.2, 0.25) is 0 Å². The van der Waals surface area contributed by atoms with Crippen LogP contribution in [0.5, 0.6) is 0 Å². The Balaban J connectivity index is 3.39. The smallest absolute Gasteiger partial charge is 0.282 e. The highest BCUT2D eigenvalue weighted by molar-refractivity contribution is 6.73. The fraction of sp³-hybridized carbons (Fsp3) is 0.688. The molecule has 1 aromatic rings. The van der Waals surface area contributed by atoms with Crippen molar-refractivity contribution in [3.8, 4) is 0 Å². The third-order valence-corrected chi connectivity index (χ3v) is 9.40. The number of nitrogens with zero attached hydrogens (tertiary/aromatic N) is 1. The molecule has 0 aliphatic rings. The van der Waals surface area contributed by atoms with Crippen molar-refractivity contribution in [3.63, 3.8) is 0 Å². The zero-order valence-corrected chi connectivity index (χ0v) is 15.2. The molecule has 0 amide bonds. The van der Waals surface area contributed by atoms with Gasteiger partial charge in [0, 0.05) is 13.0 Å². The Morgan fingerprint density at radius 1 is 1.17 bits per heavy atom. The third-order valence-electron chi connectivity index (χ3n) is 4.69. The van der Waals surface area contributed by atoms with E-state index >= 15 is 0 Å². The van der Waals surface area contributed by atoms with Crippen LogP contribution in [0.25, 0.3) is 0 Å². The molecule has 0 aliphatic heterocycles. The number of halogens is 3. The van der Waals surface area contributed by atoms with Gasteiger partial charge in [-0.05, 0) is 37.2 Å². The molecule has 132 valence electrons. The van der Waals surface area contributed by atoms with Crippen LogP contribution in [-0.4, -0.2) is 30.9 Å². The van der Waals surface area contributed by atoms with Crippen LogP contribution >= 0.6 is 0 Å². The number of hydrogen-bond donors (Lipinski definition) is 1. The maximum Gasteiger partial charge on any atom is 0.282 e. The van der Waals surface area contributed by atoms with Gasteiger partial charge in [-0.15, -0.1) is 0 Å². The second-order valence-electron chi connectivity index (χ2n) is 5.92. The lowest BCUT2D eigenvalue weighted by Crippen LogP contribution is -2.54. The molecule has 0 fully saturated rings. The van der Waals surface area contributed by atoms with Gasteiger partial charge in [0.25, 0.3) is 5.92 Å². The highest BCUT2D eigenvalue weighted by Gasteiger charge is 2.56. The standard InChI is InChI=1S/C16H26F3NO2Si/c1-5-23(6-2,7-3)22-15(4,16(18,19)10-11-21)14-9-8-13(17)12-20-14/h8-9,12,21H,5-7,10-11H2,1-4H3. The molecule has 0 aromatic carbocycles. The van der Waals surface area contributed by atoms with Gasteiger partial charge in [-0.25, -0.2) is 13.2 Å². The first-order valence-electron chi connectivity index (χ1n) is 8.01. The predicted octanol–water partition coefficient (Wildman–Crippen LogP) is 4.48. The van der Waals surface area contributed by atoms with Gasteiger partial charge in [-0.2, -0.15) is 0 Å². The van der Waals surface area contributed by atoms with Gasteiger partial charge in [-0.3, -0.25) is 4.98 Å². The monoisotopic (exact) mass is 349 g/mol. The lowest BCUT2D eigenvalue weighted by Gasteiger charge is -2.44. The number of rotatable bonds is 9. The normalized spacial score (nSPS) is 15.5. The summed E-state index contributed by atoms with van der Waals surface area (Å²) in [4.78, 5) is 3.85. The SMILES string of the molecule is CC[Si](CC)(CC)OC(C)(c1ccc(F)cn1)C(F)(F)CCO. The number of aliphatic hydroxyl groups is 1. The second kappa shape index (κ2) is 7.77. The van der Waals surface area contributed by atoms with E-state index in [-0.39, 0.29) is 5.69 Å². The lowest BCUT2D eigenvalue weighted by molar-refractivity contribution is -0.178. The van der Waals surface area contributed by atoms with E-state index in [1.165, 1.54) is 13.0 Å². The molecule has 0 bridgehead atoms. The number of pyridine rings is 1.